The highest BCUT2D eigenvalue weighted by Crippen LogP contribution is 2.32. The van der Waals surface area contributed by atoms with Gasteiger partial charge in [0.2, 0.25) is 0 Å². The number of fused-ring (bicyclic) bond motifs is 3. The van der Waals surface area contributed by atoms with Gasteiger partial charge in [0.05, 0.1) is 0 Å². The van der Waals surface area contributed by atoms with Crippen molar-refractivity contribution in [3.63, 3.8) is 0 Å². The van der Waals surface area contributed by atoms with Crippen LogP contribution in [0.3, 0.4) is 0 Å². The minimum atomic E-state index is 0.254. The van der Waals surface area contributed by atoms with Gasteiger partial charge in [0, 0.05) is 5.38 Å². The lowest BCUT2D eigenvalue weighted by atomic mass is 9.88. The Bertz CT molecular complexity index is 531. The van der Waals surface area contributed by atoms with Crippen molar-refractivity contribution < 1.29 is 0 Å². The van der Waals surface area contributed by atoms with Crippen molar-refractivity contribution in [2.45, 2.75) is 24.6 Å². The summed E-state index contributed by atoms with van der Waals surface area (Å²) in [6.45, 7) is 0. The summed E-state index contributed by atoms with van der Waals surface area (Å²) in [7, 11) is 0. The normalized spacial score (nSPS) is 18.8. The third-order valence-corrected chi connectivity index (χ3v) is 3.87. The van der Waals surface area contributed by atoms with Gasteiger partial charge in [0.25, 0.3) is 0 Å². The lowest BCUT2D eigenvalue weighted by molar-refractivity contribution is 0.738. The van der Waals surface area contributed by atoms with Crippen LogP contribution < -0.4 is 0 Å². The van der Waals surface area contributed by atoms with Gasteiger partial charge in [-0.3, -0.25) is 0 Å². The average molecular weight is 243 g/mol. The zero-order chi connectivity index (χ0) is 11.7. The number of benzene rings is 2. The van der Waals surface area contributed by atoms with E-state index in [1.807, 2.05) is 0 Å². The predicted octanol–water partition coefficient (Wildman–Crippen LogP) is 4.45. The molecule has 0 saturated heterocycles. The SMILES string of the molecule is Cl[C@H]1CCc2ccccc2-c2ccccc2C1. The first-order valence-corrected chi connectivity index (χ1v) is 6.58. The summed E-state index contributed by atoms with van der Waals surface area (Å²) in [5.74, 6) is 0. The second-order valence-corrected chi connectivity index (χ2v) is 5.27. The van der Waals surface area contributed by atoms with Gasteiger partial charge in [-0.1, -0.05) is 48.5 Å². The number of hydrogen-bond donors (Lipinski definition) is 0. The van der Waals surface area contributed by atoms with Crippen LogP contribution in [0.1, 0.15) is 17.5 Å². The fourth-order valence-corrected chi connectivity index (χ4v) is 2.89. The molecule has 2 aromatic rings. The Morgan fingerprint density at radius 3 is 2.18 bits per heavy atom. The van der Waals surface area contributed by atoms with Gasteiger partial charge in [-0.2, -0.15) is 0 Å². The maximum atomic E-state index is 6.39. The molecule has 1 heteroatoms. The molecule has 2 aromatic carbocycles. The van der Waals surface area contributed by atoms with E-state index in [9.17, 15) is 0 Å². The maximum absolute atomic E-state index is 6.39. The molecule has 0 fully saturated rings. The van der Waals surface area contributed by atoms with Gasteiger partial charge < -0.3 is 0 Å². The van der Waals surface area contributed by atoms with E-state index in [0.717, 1.165) is 19.3 Å². The Hall–Kier alpha value is -1.27. The van der Waals surface area contributed by atoms with Crippen molar-refractivity contribution in [1.29, 1.82) is 0 Å². The third kappa shape index (κ3) is 2.10. The molecule has 0 aliphatic heterocycles. The zero-order valence-corrected chi connectivity index (χ0v) is 10.5. The number of alkyl halides is 1. The molecule has 1 aliphatic rings. The summed E-state index contributed by atoms with van der Waals surface area (Å²) in [6.07, 6.45) is 3.12. The summed E-state index contributed by atoms with van der Waals surface area (Å²) in [5.41, 5.74) is 5.53. The predicted molar refractivity (Wildman–Crippen MR) is 73.5 cm³/mol. The summed E-state index contributed by atoms with van der Waals surface area (Å²) in [5, 5.41) is 0.254. The molecular formula is C16H15Cl. The molecule has 0 heterocycles. The van der Waals surface area contributed by atoms with Crippen molar-refractivity contribution in [2.24, 2.45) is 0 Å². The van der Waals surface area contributed by atoms with Gasteiger partial charge in [0.15, 0.2) is 0 Å². The van der Waals surface area contributed by atoms with E-state index in [0.29, 0.717) is 0 Å². The zero-order valence-electron chi connectivity index (χ0n) is 9.70. The van der Waals surface area contributed by atoms with Gasteiger partial charge in [-0.05, 0) is 41.5 Å². The first-order chi connectivity index (χ1) is 8.34. The molecule has 0 saturated carbocycles. The molecule has 3 rings (SSSR count). The largest absolute Gasteiger partial charge is 0.123 e. The van der Waals surface area contributed by atoms with Gasteiger partial charge in [0.1, 0.15) is 0 Å². The number of hydrogen-bond acceptors (Lipinski definition) is 0. The van der Waals surface area contributed by atoms with E-state index in [-0.39, 0.29) is 5.38 Å². The summed E-state index contributed by atoms with van der Waals surface area (Å²) in [4.78, 5) is 0. The minimum absolute atomic E-state index is 0.254. The van der Waals surface area contributed by atoms with Crippen LogP contribution in [-0.2, 0) is 12.8 Å². The Morgan fingerprint density at radius 1 is 0.824 bits per heavy atom. The molecule has 0 spiro atoms. The Morgan fingerprint density at radius 2 is 1.41 bits per heavy atom. The van der Waals surface area contributed by atoms with E-state index in [1.54, 1.807) is 0 Å². The second kappa shape index (κ2) is 4.54. The molecule has 0 aromatic heterocycles. The molecule has 17 heavy (non-hydrogen) atoms. The average Bonchev–Trinajstić information content (AvgIpc) is 2.36. The van der Waals surface area contributed by atoms with Gasteiger partial charge in [-0.15, -0.1) is 11.6 Å². The number of aryl methyl sites for hydroxylation is 1. The third-order valence-electron chi connectivity index (χ3n) is 3.49. The Balaban J connectivity index is 2.20. The quantitative estimate of drug-likeness (QED) is 0.599. The van der Waals surface area contributed by atoms with Gasteiger partial charge in [-0.25, -0.2) is 0 Å². The molecule has 86 valence electrons. The van der Waals surface area contributed by atoms with E-state index in [4.69, 9.17) is 11.6 Å². The van der Waals surface area contributed by atoms with Crippen molar-refractivity contribution in [3.8, 4) is 11.1 Å². The topological polar surface area (TPSA) is 0 Å². The van der Waals surface area contributed by atoms with Crippen LogP contribution in [0.5, 0.6) is 0 Å². The van der Waals surface area contributed by atoms with Crippen molar-refractivity contribution in [3.05, 3.63) is 59.7 Å². The van der Waals surface area contributed by atoms with Gasteiger partial charge >= 0.3 is 0 Å². The van der Waals surface area contributed by atoms with Crippen molar-refractivity contribution >= 4 is 11.6 Å². The molecule has 0 amide bonds. The van der Waals surface area contributed by atoms with Crippen LogP contribution in [0.25, 0.3) is 11.1 Å². The molecule has 0 radical (unpaired) electrons. The van der Waals surface area contributed by atoms with E-state index in [1.165, 1.54) is 22.3 Å². The Labute approximate surface area is 107 Å². The molecular weight excluding hydrogens is 228 g/mol. The highest BCUT2D eigenvalue weighted by molar-refractivity contribution is 6.20. The number of halogens is 1. The van der Waals surface area contributed by atoms with E-state index >= 15 is 0 Å². The fourth-order valence-electron chi connectivity index (χ4n) is 2.61. The van der Waals surface area contributed by atoms with Crippen LogP contribution in [0, 0.1) is 0 Å². The van der Waals surface area contributed by atoms with Crippen LogP contribution in [0.2, 0.25) is 0 Å². The highest BCUT2D eigenvalue weighted by Gasteiger charge is 2.16. The molecule has 0 nitrogen and oxygen atoms in total. The van der Waals surface area contributed by atoms with Crippen LogP contribution in [0.15, 0.2) is 48.5 Å². The smallest absolute Gasteiger partial charge is 0.0379 e. The van der Waals surface area contributed by atoms with E-state index in [2.05, 4.69) is 48.5 Å². The van der Waals surface area contributed by atoms with Crippen LogP contribution in [-0.4, -0.2) is 5.38 Å². The number of rotatable bonds is 0. The maximum Gasteiger partial charge on any atom is 0.0379 e. The lowest BCUT2D eigenvalue weighted by Crippen LogP contribution is -2.10. The first-order valence-electron chi connectivity index (χ1n) is 6.15. The van der Waals surface area contributed by atoms with E-state index < -0.39 is 0 Å². The molecule has 0 N–H and O–H groups in total. The second-order valence-electron chi connectivity index (χ2n) is 4.65. The first kappa shape index (κ1) is 10.9. The summed E-state index contributed by atoms with van der Waals surface area (Å²) < 4.78 is 0. The van der Waals surface area contributed by atoms with Crippen molar-refractivity contribution in [1.82, 2.24) is 0 Å². The monoisotopic (exact) mass is 242 g/mol. The summed E-state index contributed by atoms with van der Waals surface area (Å²) >= 11 is 6.39. The minimum Gasteiger partial charge on any atom is -0.123 e. The van der Waals surface area contributed by atoms with Crippen molar-refractivity contribution in [2.75, 3.05) is 0 Å². The highest BCUT2D eigenvalue weighted by atomic mass is 35.5. The summed E-state index contributed by atoms with van der Waals surface area (Å²) in [6, 6.07) is 17.3. The molecule has 0 bridgehead atoms. The van der Waals surface area contributed by atoms with Crippen LogP contribution in [0.4, 0.5) is 0 Å². The standard InChI is InChI=1S/C16H15Cl/c17-14-10-9-12-5-1-3-7-15(12)16-8-4-2-6-13(16)11-14/h1-8,14H,9-11H2/t14-/m0/s1. The molecule has 1 aliphatic carbocycles. The Kier molecular flexibility index (Phi) is 2.90. The lowest BCUT2D eigenvalue weighted by Gasteiger charge is -2.20. The van der Waals surface area contributed by atoms with Crippen LogP contribution >= 0.6 is 11.6 Å². The molecule has 0 unspecified atom stereocenters. The fraction of sp³-hybridized carbons (Fsp3) is 0.250. The molecule has 1 atom stereocenters.